The third-order valence-corrected chi connectivity index (χ3v) is 30.1. The Morgan fingerprint density at radius 3 is 1.17 bits per heavy atom. The SMILES string of the molecule is C.C.C.C.CCC(C)(C)C(=O)OC1CC2CC1C1C3CC(CC3C(=O)OC3(C)C4CC5CC(C4)CC3C5)C21.CCC(C)(C)C(=O)OC1CC2CC1C1C3CC(CC3C(=O)OC3(CC)C4CC5CC(C4)CC3C5)C21.CCCOCOC(=O)C(C)(C)CC.CCOC(C)OC(=O)C(C)(C)CC. The zero-order valence-corrected chi connectivity index (χ0v) is 62.2. The molecule has 16 bridgehead atoms. The molecule has 0 aromatic rings. The molecular weight excluding hydrogens is 1240 g/mol. The molecule has 99 heavy (non-hydrogen) atoms. The fraction of sp³-hybridized carbons (Fsp3) is 0.929. The second-order valence-electron chi connectivity index (χ2n) is 36.8. The Balaban J connectivity index is 0.000000201. The summed E-state index contributed by atoms with van der Waals surface area (Å²) >= 11 is 0. The van der Waals surface area contributed by atoms with E-state index < -0.39 is 27.9 Å². The molecule has 0 spiro atoms. The van der Waals surface area contributed by atoms with E-state index in [2.05, 4.69) is 27.7 Å². The van der Waals surface area contributed by atoms with Crippen LogP contribution in [0, 0.1) is 152 Å². The summed E-state index contributed by atoms with van der Waals surface area (Å²) in [7, 11) is 0. The Morgan fingerprint density at radius 2 is 0.788 bits per heavy atom. The van der Waals surface area contributed by atoms with Crippen molar-refractivity contribution in [1.29, 1.82) is 0 Å². The van der Waals surface area contributed by atoms with E-state index in [9.17, 15) is 28.8 Å². The second kappa shape index (κ2) is 32.2. The van der Waals surface area contributed by atoms with Gasteiger partial charge in [0.15, 0.2) is 13.1 Å². The van der Waals surface area contributed by atoms with E-state index in [4.69, 9.17) is 37.9 Å². The van der Waals surface area contributed by atoms with E-state index >= 15 is 0 Å². The maximum atomic E-state index is 13.9. The van der Waals surface area contributed by atoms with Crippen molar-refractivity contribution in [3.8, 4) is 0 Å². The van der Waals surface area contributed by atoms with E-state index in [0.717, 1.165) is 99.7 Å². The number of esters is 6. The van der Waals surface area contributed by atoms with Gasteiger partial charge < -0.3 is 37.9 Å². The average molecular weight is 1390 g/mol. The maximum Gasteiger partial charge on any atom is 0.313 e. The van der Waals surface area contributed by atoms with Gasteiger partial charge in [0.1, 0.15) is 23.4 Å². The number of ether oxygens (including phenoxy) is 8. The summed E-state index contributed by atoms with van der Waals surface area (Å²) in [6, 6.07) is 0. The summed E-state index contributed by atoms with van der Waals surface area (Å²) < 4.78 is 45.9. The molecule has 0 heterocycles. The standard InChI is InChI=1S/C31H46O4.C30H44O4.2C10H20O3.4CH4/c1-5-30(3,4)29(33)34-25-15-19-14-24(25)27-22-12-18(26(19)27)13-23(22)28(32)35-31(6-2)20-8-16-7-17(10-20)11-21(31)9-16;1-5-29(2,3)28(32)33-24-14-18-13-23(24)26-21-11-17(25(18)26)12-22(21)27(31)34-30(4)19-7-15-6-16(9-19)10-20(30)8-15;1-6-10(4,5)9(11)13-8(3)12-7-2;1-5-7-12-8-13-9(11)10(3,4)6-2;;;;/h16-27H,5-15H2,1-4H3;15-26H,5-14H2,1-4H3;8H,6-7H2,1-5H3;5-8H2,1-4H3;4*1H4. The smallest absolute Gasteiger partial charge is 0.313 e. The first-order valence-electron chi connectivity index (χ1n) is 39.3. The number of carbonyl (C=O) groups excluding carboxylic acids is 6. The lowest BCUT2D eigenvalue weighted by Crippen LogP contribution is -2.60. The van der Waals surface area contributed by atoms with Crippen LogP contribution >= 0.6 is 0 Å². The fourth-order valence-electron chi connectivity index (χ4n) is 23.8. The van der Waals surface area contributed by atoms with E-state index in [0.29, 0.717) is 96.1 Å². The molecule has 0 radical (unpaired) electrons. The van der Waals surface area contributed by atoms with Gasteiger partial charge in [-0.3, -0.25) is 28.8 Å². The van der Waals surface area contributed by atoms with Crippen LogP contribution in [0.1, 0.15) is 302 Å². The number of rotatable bonds is 22. The molecule has 16 rings (SSSR count). The van der Waals surface area contributed by atoms with Gasteiger partial charge in [-0.25, -0.2) is 0 Å². The van der Waals surface area contributed by atoms with Gasteiger partial charge in [-0.05, 0) is 349 Å². The Bertz CT molecular complexity index is 2690. The Hall–Kier alpha value is -3.26. The van der Waals surface area contributed by atoms with Crippen LogP contribution in [0.4, 0.5) is 0 Å². The molecule has 17 unspecified atom stereocenters. The molecule has 16 aliphatic carbocycles. The summed E-state index contributed by atoms with van der Waals surface area (Å²) in [5.74, 6) is 13.3. The first kappa shape index (κ1) is 83.0. The quantitative estimate of drug-likeness (QED) is 0.0329. The normalized spacial score (nSPS) is 40.5. The Morgan fingerprint density at radius 1 is 0.424 bits per heavy atom. The van der Waals surface area contributed by atoms with Gasteiger partial charge in [0.25, 0.3) is 0 Å². The van der Waals surface area contributed by atoms with Gasteiger partial charge in [-0.15, -0.1) is 0 Å². The highest BCUT2D eigenvalue weighted by atomic mass is 16.7. The zero-order chi connectivity index (χ0) is 68.6. The lowest BCUT2D eigenvalue weighted by molar-refractivity contribution is -0.217. The van der Waals surface area contributed by atoms with Crippen molar-refractivity contribution >= 4 is 35.8 Å². The third kappa shape index (κ3) is 15.8. The minimum Gasteiger partial charge on any atom is -0.462 e. The van der Waals surface area contributed by atoms with Crippen LogP contribution < -0.4 is 0 Å². The summed E-state index contributed by atoms with van der Waals surface area (Å²) in [6.45, 7) is 35.0. The molecule has 17 atom stereocenters. The molecular formula is C85H146O14. The van der Waals surface area contributed by atoms with Crippen molar-refractivity contribution < 1.29 is 66.7 Å². The summed E-state index contributed by atoms with van der Waals surface area (Å²) in [5, 5.41) is 0. The molecule has 14 heteroatoms. The lowest BCUT2D eigenvalue weighted by atomic mass is 9.49. The average Bonchev–Trinajstić information content (AvgIpc) is 1.71. The van der Waals surface area contributed by atoms with E-state index in [1.54, 1.807) is 6.92 Å². The minimum atomic E-state index is -0.441. The summed E-state index contributed by atoms with van der Waals surface area (Å²) in [5.41, 5.74) is -2.01. The van der Waals surface area contributed by atoms with Gasteiger partial charge in [-0.1, -0.05) is 71.2 Å². The molecule has 0 N–H and O–H groups in total. The van der Waals surface area contributed by atoms with Gasteiger partial charge in [0, 0.05) is 6.61 Å². The minimum absolute atomic E-state index is 0. The monoisotopic (exact) mass is 1390 g/mol. The Kier molecular flexibility index (Phi) is 27.0. The first-order valence-corrected chi connectivity index (χ1v) is 39.3. The van der Waals surface area contributed by atoms with E-state index in [1.165, 1.54) is 89.9 Å². The summed E-state index contributed by atoms with van der Waals surface area (Å²) in [4.78, 5) is 76.2. The largest absolute Gasteiger partial charge is 0.462 e. The number of fused-ring (bicyclic) bond motifs is 18. The molecule has 570 valence electrons. The predicted molar refractivity (Wildman–Crippen MR) is 391 cm³/mol. The van der Waals surface area contributed by atoms with Crippen LogP contribution in [0.3, 0.4) is 0 Å². The van der Waals surface area contributed by atoms with Crippen LogP contribution in [0.15, 0.2) is 0 Å². The van der Waals surface area contributed by atoms with E-state index in [-0.39, 0.29) is 108 Å². The van der Waals surface area contributed by atoms with Gasteiger partial charge in [0.05, 0.1) is 40.1 Å². The predicted octanol–water partition coefficient (Wildman–Crippen LogP) is 19.7. The molecule has 16 fully saturated rings. The molecule has 16 saturated carbocycles. The van der Waals surface area contributed by atoms with Crippen molar-refractivity contribution in [3.05, 3.63) is 0 Å². The third-order valence-electron chi connectivity index (χ3n) is 30.1. The number of hydrogen-bond donors (Lipinski definition) is 0. The van der Waals surface area contributed by atoms with Crippen molar-refractivity contribution in [3.63, 3.8) is 0 Å². The summed E-state index contributed by atoms with van der Waals surface area (Å²) in [6.07, 6.45) is 27.0. The highest BCUT2D eigenvalue weighted by Gasteiger charge is 2.70. The number of hydrogen-bond acceptors (Lipinski definition) is 14. The van der Waals surface area contributed by atoms with Crippen LogP contribution in [0.25, 0.3) is 0 Å². The van der Waals surface area contributed by atoms with Crippen molar-refractivity contribution in [2.24, 2.45) is 152 Å². The van der Waals surface area contributed by atoms with Gasteiger partial charge in [0.2, 0.25) is 0 Å². The molecule has 0 aromatic carbocycles. The van der Waals surface area contributed by atoms with E-state index in [1.807, 2.05) is 83.1 Å². The Labute approximate surface area is 602 Å². The van der Waals surface area contributed by atoms with Crippen LogP contribution in [-0.4, -0.2) is 85.5 Å². The lowest BCUT2D eigenvalue weighted by Gasteiger charge is -2.60. The molecule has 0 aromatic heterocycles. The second-order valence-corrected chi connectivity index (χ2v) is 36.8. The molecule has 14 nitrogen and oxygen atoms in total. The molecule has 0 saturated heterocycles. The van der Waals surface area contributed by atoms with Gasteiger partial charge >= 0.3 is 35.8 Å². The topological polar surface area (TPSA) is 176 Å². The first-order chi connectivity index (χ1) is 44.9. The fourth-order valence-corrected chi connectivity index (χ4v) is 23.8. The maximum absolute atomic E-state index is 13.9. The van der Waals surface area contributed by atoms with Crippen molar-refractivity contribution in [2.45, 2.75) is 331 Å². The van der Waals surface area contributed by atoms with Crippen LogP contribution in [-0.2, 0) is 66.7 Å². The van der Waals surface area contributed by atoms with Crippen molar-refractivity contribution in [1.82, 2.24) is 0 Å². The van der Waals surface area contributed by atoms with Crippen LogP contribution in [0.5, 0.6) is 0 Å². The number of carbonyl (C=O) groups is 6. The highest BCUT2D eigenvalue weighted by Crippen LogP contribution is 2.72. The van der Waals surface area contributed by atoms with Crippen molar-refractivity contribution in [2.75, 3.05) is 20.0 Å². The molecule has 0 amide bonds. The van der Waals surface area contributed by atoms with Gasteiger partial charge in [-0.2, -0.15) is 0 Å². The highest BCUT2D eigenvalue weighted by molar-refractivity contribution is 5.78. The zero-order valence-electron chi connectivity index (χ0n) is 62.2. The molecule has 0 aliphatic heterocycles. The van der Waals surface area contributed by atoms with Crippen LogP contribution in [0.2, 0.25) is 0 Å². The molecule has 16 aliphatic rings.